The van der Waals surface area contributed by atoms with E-state index in [1.807, 2.05) is 0 Å². The topological polar surface area (TPSA) is 32.3 Å². The van der Waals surface area contributed by atoms with Gasteiger partial charge in [0.2, 0.25) is 0 Å². The van der Waals surface area contributed by atoms with Gasteiger partial charge in [0.25, 0.3) is 0 Å². The van der Waals surface area contributed by atoms with Crippen molar-refractivity contribution in [2.24, 2.45) is 0 Å². The Balaban J connectivity index is 2.60. The largest absolute Gasteiger partial charge is 0.396 e. The summed E-state index contributed by atoms with van der Waals surface area (Å²) in [6, 6.07) is 9.28. The zero-order valence-corrected chi connectivity index (χ0v) is 12.3. The molecule has 18 heavy (non-hydrogen) atoms. The monoisotopic (exact) mass is 267 g/mol. The number of hydrogen-bond acceptors (Lipinski definition) is 3. The van der Waals surface area contributed by atoms with Crippen LogP contribution >= 0.6 is 11.8 Å². The highest BCUT2D eigenvalue weighted by atomic mass is 32.2. The molecular formula is C15H25NOS. The number of hydrogen-bond donors (Lipinski definition) is 2. The smallest absolute Gasteiger partial charge is 0.0521 e. The Morgan fingerprint density at radius 2 is 1.94 bits per heavy atom. The van der Waals surface area contributed by atoms with Gasteiger partial charge >= 0.3 is 0 Å². The lowest BCUT2D eigenvalue weighted by Crippen LogP contribution is -2.24. The second-order valence-corrected chi connectivity index (χ2v) is 5.55. The summed E-state index contributed by atoms with van der Waals surface area (Å²) in [5, 5.41) is 12.4. The van der Waals surface area contributed by atoms with E-state index in [0.717, 1.165) is 30.9 Å². The van der Waals surface area contributed by atoms with E-state index in [4.69, 9.17) is 5.11 Å². The van der Waals surface area contributed by atoms with Gasteiger partial charge in [-0.25, -0.2) is 0 Å². The third-order valence-corrected chi connectivity index (χ3v) is 3.99. The van der Waals surface area contributed by atoms with Crippen molar-refractivity contribution >= 4 is 11.8 Å². The molecule has 102 valence electrons. The van der Waals surface area contributed by atoms with Gasteiger partial charge in [0.05, 0.1) is 6.61 Å². The summed E-state index contributed by atoms with van der Waals surface area (Å²) in [6.07, 6.45) is 2.24. The average Bonchev–Trinajstić information content (AvgIpc) is 2.43. The van der Waals surface area contributed by atoms with Crippen LogP contribution in [0.15, 0.2) is 24.3 Å². The number of aryl methyl sites for hydroxylation is 1. The number of rotatable bonds is 9. The Hall–Kier alpha value is -0.510. The van der Waals surface area contributed by atoms with Crippen LogP contribution in [0.2, 0.25) is 0 Å². The van der Waals surface area contributed by atoms with Crippen LogP contribution in [-0.2, 0) is 6.42 Å². The fraction of sp³-hybridized carbons (Fsp3) is 0.600. The molecule has 0 heterocycles. The normalized spacial score (nSPS) is 12.6. The highest BCUT2D eigenvalue weighted by Crippen LogP contribution is 2.19. The lowest BCUT2D eigenvalue weighted by atomic mass is 10.0. The first-order valence-electron chi connectivity index (χ1n) is 6.82. The van der Waals surface area contributed by atoms with Crippen LogP contribution < -0.4 is 5.32 Å². The minimum Gasteiger partial charge on any atom is -0.396 e. The quantitative estimate of drug-likeness (QED) is 0.675. The maximum atomic E-state index is 8.85. The zero-order valence-electron chi connectivity index (χ0n) is 11.5. The molecule has 0 radical (unpaired) electrons. The van der Waals surface area contributed by atoms with Crippen molar-refractivity contribution in [1.82, 2.24) is 5.32 Å². The summed E-state index contributed by atoms with van der Waals surface area (Å²) >= 11 is 1.80. The highest BCUT2D eigenvalue weighted by Gasteiger charge is 2.10. The average molecular weight is 267 g/mol. The van der Waals surface area contributed by atoms with Crippen LogP contribution in [0.4, 0.5) is 0 Å². The second kappa shape index (κ2) is 9.42. The molecule has 1 aromatic carbocycles. The molecule has 0 bridgehead atoms. The van der Waals surface area contributed by atoms with E-state index in [0.29, 0.717) is 6.04 Å². The highest BCUT2D eigenvalue weighted by molar-refractivity contribution is 7.99. The Bertz CT molecular complexity index is 313. The third kappa shape index (κ3) is 5.42. The predicted octanol–water partition coefficient (Wildman–Crippen LogP) is 3.02. The Morgan fingerprint density at radius 1 is 1.22 bits per heavy atom. The van der Waals surface area contributed by atoms with Gasteiger partial charge in [-0.2, -0.15) is 11.8 Å². The van der Waals surface area contributed by atoms with E-state index in [2.05, 4.69) is 43.4 Å². The minimum atomic E-state index is 0.264. The molecular weight excluding hydrogens is 242 g/mol. The number of aliphatic hydroxyl groups is 1. The van der Waals surface area contributed by atoms with E-state index in [9.17, 15) is 0 Å². The molecule has 0 aromatic heterocycles. The van der Waals surface area contributed by atoms with E-state index in [-0.39, 0.29) is 6.61 Å². The molecule has 0 aliphatic carbocycles. The van der Waals surface area contributed by atoms with Gasteiger partial charge in [0, 0.05) is 17.5 Å². The second-order valence-electron chi connectivity index (χ2n) is 4.40. The van der Waals surface area contributed by atoms with Gasteiger partial charge < -0.3 is 10.4 Å². The molecule has 1 aromatic rings. The molecule has 0 aliphatic heterocycles. The molecule has 0 fully saturated rings. The van der Waals surface area contributed by atoms with Crippen molar-refractivity contribution < 1.29 is 5.11 Å². The van der Waals surface area contributed by atoms with Gasteiger partial charge in [0.15, 0.2) is 0 Å². The molecule has 1 unspecified atom stereocenters. The number of thioether (sulfide) groups is 1. The van der Waals surface area contributed by atoms with Gasteiger partial charge in [-0.05, 0) is 30.5 Å². The van der Waals surface area contributed by atoms with Crippen LogP contribution in [0, 0.1) is 0 Å². The molecule has 0 aliphatic rings. The molecule has 1 rings (SSSR count). The fourth-order valence-corrected chi connectivity index (χ4v) is 2.68. The van der Waals surface area contributed by atoms with Crippen LogP contribution in [0.5, 0.6) is 0 Å². The first-order chi connectivity index (χ1) is 8.81. The fourth-order valence-electron chi connectivity index (χ4n) is 1.84. The van der Waals surface area contributed by atoms with E-state index < -0.39 is 0 Å². The number of benzene rings is 1. The van der Waals surface area contributed by atoms with Gasteiger partial charge in [-0.1, -0.05) is 38.1 Å². The third-order valence-electron chi connectivity index (χ3n) is 2.95. The minimum absolute atomic E-state index is 0.264. The first-order valence-corrected chi connectivity index (χ1v) is 7.98. The van der Waals surface area contributed by atoms with Crippen molar-refractivity contribution in [2.75, 3.05) is 24.7 Å². The van der Waals surface area contributed by atoms with Gasteiger partial charge in [-0.3, -0.25) is 0 Å². The lowest BCUT2D eigenvalue weighted by molar-refractivity contribution is 0.322. The number of nitrogens with one attached hydrogen (secondary N) is 1. The maximum Gasteiger partial charge on any atom is 0.0521 e. The van der Waals surface area contributed by atoms with Crippen molar-refractivity contribution in [2.45, 2.75) is 32.7 Å². The van der Waals surface area contributed by atoms with E-state index >= 15 is 0 Å². The molecule has 0 spiro atoms. The molecule has 0 saturated carbocycles. The van der Waals surface area contributed by atoms with E-state index in [1.165, 1.54) is 11.1 Å². The Kier molecular flexibility index (Phi) is 8.14. The maximum absolute atomic E-state index is 8.85. The van der Waals surface area contributed by atoms with Crippen molar-refractivity contribution in [3.8, 4) is 0 Å². The van der Waals surface area contributed by atoms with Crippen molar-refractivity contribution in [3.05, 3.63) is 35.4 Å². The molecule has 0 amide bonds. The van der Waals surface area contributed by atoms with Crippen LogP contribution in [-0.4, -0.2) is 29.8 Å². The summed E-state index contributed by atoms with van der Waals surface area (Å²) in [5.41, 5.74) is 2.74. The molecule has 0 saturated heterocycles. The van der Waals surface area contributed by atoms with Crippen molar-refractivity contribution in [1.29, 1.82) is 0 Å². The van der Waals surface area contributed by atoms with Crippen LogP contribution in [0.3, 0.4) is 0 Å². The van der Waals surface area contributed by atoms with E-state index in [1.54, 1.807) is 11.8 Å². The van der Waals surface area contributed by atoms with Gasteiger partial charge in [0.1, 0.15) is 0 Å². The summed E-state index contributed by atoms with van der Waals surface area (Å²) < 4.78 is 0. The predicted molar refractivity (Wildman–Crippen MR) is 81.3 cm³/mol. The molecule has 2 nitrogen and oxygen atoms in total. The van der Waals surface area contributed by atoms with Crippen LogP contribution in [0.25, 0.3) is 0 Å². The molecule has 2 N–H and O–H groups in total. The SMILES string of the molecule is CCCNC(CSCCO)c1ccc(CC)cc1. The van der Waals surface area contributed by atoms with Crippen molar-refractivity contribution in [3.63, 3.8) is 0 Å². The summed E-state index contributed by atoms with van der Waals surface area (Å²) in [4.78, 5) is 0. The standard InChI is InChI=1S/C15H25NOS/c1-3-9-16-15(12-18-11-10-17)14-7-5-13(4-2)6-8-14/h5-8,15-17H,3-4,9-12H2,1-2H3. The summed E-state index contributed by atoms with van der Waals surface area (Å²) in [5.74, 6) is 1.84. The Labute approximate surface area is 115 Å². The summed E-state index contributed by atoms with van der Waals surface area (Å²) in [6.45, 7) is 5.67. The first kappa shape index (κ1) is 15.5. The molecule has 1 atom stereocenters. The van der Waals surface area contributed by atoms with Crippen LogP contribution in [0.1, 0.15) is 37.4 Å². The number of aliphatic hydroxyl groups excluding tert-OH is 1. The Morgan fingerprint density at radius 3 is 2.50 bits per heavy atom. The lowest BCUT2D eigenvalue weighted by Gasteiger charge is -2.19. The van der Waals surface area contributed by atoms with Gasteiger partial charge in [-0.15, -0.1) is 0 Å². The summed E-state index contributed by atoms with van der Waals surface area (Å²) in [7, 11) is 0. The molecule has 3 heteroatoms. The zero-order chi connectivity index (χ0) is 13.2.